The van der Waals surface area contributed by atoms with Crippen LogP contribution in [-0.4, -0.2) is 55.2 Å². The van der Waals surface area contributed by atoms with E-state index < -0.39 is 10.0 Å². The van der Waals surface area contributed by atoms with E-state index in [1.54, 1.807) is 30.5 Å². The van der Waals surface area contributed by atoms with Crippen LogP contribution in [0.4, 0.5) is 5.69 Å². The number of hydrogen-bond acceptors (Lipinski definition) is 4. The molecular formula is C18H24N4O3S. The average molecular weight is 376 g/mol. The molecule has 3 rings (SSSR count). The normalized spacial score (nSPS) is 18.0. The van der Waals surface area contributed by atoms with E-state index in [4.69, 9.17) is 0 Å². The van der Waals surface area contributed by atoms with Gasteiger partial charge >= 0.3 is 0 Å². The molecule has 1 aliphatic heterocycles. The van der Waals surface area contributed by atoms with Gasteiger partial charge < -0.3 is 9.47 Å². The molecule has 7 nitrogen and oxygen atoms in total. The van der Waals surface area contributed by atoms with Crippen molar-refractivity contribution < 1.29 is 13.2 Å². The van der Waals surface area contributed by atoms with Crippen molar-refractivity contribution in [3.63, 3.8) is 0 Å². The zero-order valence-electron chi connectivity index (χ0n) is 15.3. The summed E-state index contributed by atoms with van der Waals surface area (Å²) in [4.78, 5) is 19.1. The van der Waals surface area contributed by atoms with E-state index in [0.29, 0.717) is 17.8 Å². The van der Waals surface area contributed by atoms with Crippen molar-refractivity contribution in [3.8, 4) is 0 Å². The minimum Gasteiger partial charge on any atom is -0.338 e. The van der Waals surface area contributed by atoms with Gasteiger partial charge in [0.25, 0.3) is 5.91 Å². The Morgan fingerprint density at radius 3 is 2.54 bits per heavy atom. The highest BCUT2D eigenvalue weighted by molar-refractivity contribution is 7.92. The van der Waals surface area contributed by atoms with Gasteiger partial charge in [-0.15, -0.1) is 0 Å². The monoisotopic (exact) mass is 376 g/mol. The van der Waals surface area contributed by atoms with Crippen LogP contribution < -0.4 is 4.31 Å². The maximum atomic E-state index is 12.8. The molecule has 1 aromatic carbocycles. The Bertz CT molecular complexity index is 889. The highest BCUT2D eigenvalue weighted by Gasteiger charge is 2.27. The molecule has 1 unspecified atom stereocenters. The summed E-state index contributed by atoms with van der Waals surface area (Å²) in [5, 5.41) is 0. The number of anilines is 1. The number of imidazole rings is 1. The third-order valence-corrected chi connectivity index (χ3v) is 6.11. The number of rotatable bonds is 4. The van der Waals surface area contributed by atoms with Crippen LogP contribution >= 0.6 is 0 Å². The van der Waals surface area contributed by atoms with E-state index in [2.05, 4.69) is 4.98 Å². The topological polar surface area (TPSA) is 75.5 Å². The van der Waals surface area contributed by atoms with Gasteiger partial charge in [0, 0.05) is 51.1 Å². The summed E-state index contributed by atoms with van der Waals surface area (Å²) in [5.41, 5.74) is 1.10. The van der Waals surface area contributed by atoms with Crippen LogP contribution in [0.1, 0.15) is 34.9 Å². The summed E-state index contributed by atoms with van der Waals surface area (Å²) in [6.45, 7) is 1.37. The molecule has 1 saturated heterocycles. The van der Waals surface area contributed by atoms with Gasteiger partial charge in [-0.05, 0) is 37.1 Å². The summed E-state index contributed by atoms with van der Waals surface area (Å²) in [6, 6.07) is 6.69. The third kappa shape index (κ3) is 3.75. The first kappa shape index (κ1) is 18.4. The van der Waals surface area contributed by atoms with E-state index in [-0.39, 0.29) is 11.8 Å². The molecule has 1 aliphatic rings. The van der Waals surface area contributed by atoms with E-state index in [0.717, 1.165) is 31.5 Å². The molecule has 8 heteroatoms. The molecule has 0 N–H and O–H groups in total. The minimum atomic E-state index is -3.32. The fourth-order valence-corrected chi connectivity index (χ4v) is 3.84. The van der Waals surface area contributed by atoms with Gasteiger partial charge in [0.15, 0.2) is 0 Å². The van der Waals surface area contributed by atoms with Crippen LogP contribution in [-0.2, 0) is 17.1 Å². The van der Waals surface area contributed by atoms with Crippen molar-refractivity contribution in [3.05, 3.63) is 48.0 Å². The molecule has 0 aliphatic carbocycles. The van der Waals surface area contributed by atoms with Gasteiger partial charge in [-0.25, -0.2) is 13.4 Å². The lowest BCUT2D eigenvalue weighted by Crippen LogP contribution is -2.39. The number of carbonyl (C=O) groups is 1. The van der Waals surface area contributed by atoms with Crippen molar-refractivity contribution in [1.82, 2.24) is 14.5 Å². The van der Waals surface area contributed by atoms with Gasteiger partial charge in [0.05, 0.1) is 11.9 Å². The Morgan fingerprint density at radius 1 is 1.27 bits per heavy atom. The molecule has 26 heavy (non-hydrogen) atoms. The Balaban J connectivity index is 1.73. The van der Waals surface area contributed by atoms with E-state index in [9.17, 15) is 13.2 Å². The smallest absolute Gasteiger partial charge is 0.253 e. The quantitative estimate of drug-likeness (QED) is 0.816. The molecule has 1 atom stereocenters. The lowest BCUT2D eigenvalue weighted by Gasteiger charge is -2.32. The molecule has 1 aromatic heterocycles. The molecule has 0 radical (unpaired) electrons. The number of aryl methyl sites for hydroxylation is 1. The van der Waals surface area contributed by atoms with Crippen molar-refractivity contribution in [1.29, 1.82) is 0 Å². The number of nitrogens with zero attached hydrogens (tertiary/aromatic N) is 4. The first-order chi connectivity index (χ1) is 12.3. The third-order valence-electron chi connectivity index (χ3n) is 4.91. The van der Waals surface area contributed by atoms with E-state index >= 15 is 0 Å². The van der Waals surface area contributed by atoms with Gasteiger partial charge in [-0.2, -0.15) is 0 Å². The van der Waals surface area contributed by atoms with Crippen LogP contribution in [0.2, 0.25) is 0 Å². The predicted molar refractivity (Wildman–Crippen MR) is 101 cm³/mol. The van der Waals surface area contributed by atoms with Gasteiger partial charge in [0.2, 0.25) is 10.0 Å². The molecule has 0 spiro atoms. The Hall–Kier alpha value is -2.35. The van der Waals surface area contributed by atoms with Crippen LogP contribution in [0.5, 0.6) is 0 Å². The SMILES string of the molecule is CN(c1ccc(C(=O)N2CCCC(c3nccn3C)C2)cc1)S(C)(=O)=O. The second kappa shape index (κ2) is 7.11. The number of hydrogen-bond donors (Lipinski definition) is 0. The lowest BCUT2D eigenvalue weighted by atomic mass is 9.96. The number of benzene rings is 1. The maximum absolute atomic E-state index is 12.8. The van der Waals surface area contributed by atoms with Gasteiger partial charge in [-0.3, -0.25) is 9.10 Å². The van der Waals surface area contributed by atoms with Gasteiger partial charge in [-0.1, -0.05) is 0 Å². The number of carbonyl (C=O) groups excluding carboxylic acids is 1. The Morgan fingerprint density at radius 2 is 1.96 bits per heavy atom. The molecule has 1 amide bonds. The predicted octanol–water partition coefficient (Wildman–Crippen LogP) is 1.84. The van der Waals surface area contributed by atoms with Crippen LogP contribution in [0.25, 0.3) is 0 Å². The van der Waals surface area contributed by atoms with Crippen LogP contribution in [0.3, 0.4) is 0 Å². The maximum Gasteiger partial charge on any atom is 0.253 e. The number of sulfonamides is 1. The minimum absolute atomic E-state index is 0.0301. The number of likely N-dealkylation sites (tertiary alicyclic amines) is 1. The summed E-state index contributed by atoms with van der Waals surface area (Å²) in [7, 11) is 0.149. The number of piperidine rings is 1. The zero-order valence-corrected chi connectivity index (χ0v) is 16.1. The summed E-state index contributed by atoms with van der Waals surface area (Å²) in [6.07, 6.45) is 6.82. The fraction of sp³-hybridized carbons (Fsp3) is 0.444. The summed E-state index contributed by atoms with van der Waals surface area (Å²) < 4.78 is 26.4. The Labute approximate surface area is 154 Å². The Kier molecular flexibility index (Phi) is 5.04. The first-order valence-electron chi connectivity index (χ1n) is 8.58. The van der Waals surface area contributed by atoms with Crippen molar-refractivity contribution >= 4 is 21.6 Å². The average Bonchev–Trinajstić information content (AvgIpc) is 3.06. The highest BCUT2D eigenvalue weighted by Crippen LogP contribution is 2.27. The van der Waals surface area contributed by atoms with Crippen LogP contribution in [0.15, 0.2) is 36.7 Å². The lowest BCUT2D eigenvalue weighted by molar-refractivity contribution is 0.0703. The van der Waals surface area contributed by atoms with Gasteiger partial charge in [0.1, 0.15) is 5.82 Å². The molecule has 1 fully saturated rings. The van der Waals surface area contributed by atoms with Crippen molar-refractivity contribution in [2.45, 2.75) is 18.8 Å². The zero-order chi connectivity index (χ0) is 18.9. The standard InChI is InChI=1S/C18H24N4O3S/c1-20-12-10-19-17(20)15-5-4-11-22(13-15)18(23)14-6-8-16(9-7-14)21(2)26(3,24)25/h6-10,12,15H,4-5,11,13H2,1-3H3. The second-order valence-electron chi connectivity index (χ2n) is 6.76. The fourth-order valence-electron chi connectivity index (χ4n) is 3.33. The molecular weight excluding hydrogens is 352 g/mol. The molecule has 0 bridgehead atoms. The highest BCUT2D eigenvalue weighted by atomic mass is 32.2. The second-order valence-corrected chi connectivity index (χ2v) is 8.78. The first-order valence-corrected chi connectivity index (χ1v) is 10.4. The van der Waals surface area contributed by atoms with Crippen molar-refractivity contribution in [2.24, 2.45) is 7.05 Å². The number of aromatic nitrogens is 2. The molecule has 140 valence electrons. The molecule has 2 heterocycles. The molecule has 0 saturated carbocycles. The van der Waals surface area contributed by atoms with E-state index in [1.807, 2.05) is 22.7 Å². The largest absolute Gasteiger partial charge is 0.338 e. The summed E-state index contributed by atoms with van der Waals surface area (Å²) in [5.74, 6) is 1.22. The summed E-state index contributed by atoms with van der Waals surface area (Å²) >= 11 is 0. The number of amides is 1. The van der Waals surface area contributed by atoms with Crippen LogP contribution in [0, 0.1) is 0 Å². The molecule has 2 aromatic rings. The van der Waals surface area contributed by atoms with E-state index in [1.165, 1.54) is 11.4 Å². The van der Waals surface area contributed by atoms with Crippen molar-refractivity contribution in [2.75, 3.05) is 30.7 Å².